The van der Waals surface area contributed by atoms with Crippen LogP contribution in [0.2, 0.25) is 0 Å². The number of carbonyl (C=O) groups excluding carboxylic acids is 1. The highest BCUT2D eigenvalue weighted by atomic mass is 32.1. The number of hydrogen-bond acceptors (Lipinski definition) is 6. The zero-order valence-corrected chi connectivity index (χ0v) is 17.6. The standard InChI is InChI=1S/C22H24N4O4S/c23-21-25-18(14-31-21)12-20(28)24-17-8-6-15(7-9-17)10-11-26(22(29)30)13-19(27)16-4-2-1-3-5-16/h1-9,14,19,27H,10-13H2,(H2,23,25)(H,24,28)(H,29,30). The summed E-state index contributed by atoms with van der Waals surface area (Å²) in [6.07, 6.45) is -1.34. The summed E-state index contributed by atoms with van der Waals surface area (Å²) >= 11 is 1.29. The Morgan fingerprint density at radius 1 is 1.13 bits per heavy atom. The normalized spacial score (nSPS) is 11.6. The molecule has 1 unspecified atom stereocenters. The Hall–Kier alpha value is -3.43. The van der Waals surface area contributed by atoms with E-state index in [9.17, 15) is 19.8 Å². The number of nitrogens with two attached hydrogens (primary N) is 1. The largest absolute Gasteiger partial charge is 0.465 e. The van der Waals surface area contributed by atoms with E-state index in [1.165, 1.54) is 16.2 Å². The van der Waals surface area contributed by atoms with Crippen LogP contribution >= 0.6 is 11.3 Å². The van der Waals surface area contributed by atoms with Gasteiger partial charge in [0.05, 0.1) is 24.8 Å². The van der Waals surface area contributed by atoms with Crippen LogP contribution in [0.1, 0.15) is 22.9 Å². The van der Waals surface area contributed by atoms with Crippen LogP contribution in [-0.4, -0.2) is 45.2 Å². The number of carbonyl (C=O) groups is 2. The molecule has 0 spiro atoms. The molecule has 31 heavy (non-hydrogen) atoms. The van der Waals surface area contributed by atoms with Gasteiger partial charge in [0.1, 0.15) is 0 Å². The fourth-order valence-corrected chi connectivity index (χ4v) is 3.61. The Balaban J connectivity index is 1.50. The molecule has 0 radical (unpaired) electrons. The summed E-state index contributed by atoms with van der Waals surface area (Å²) in [5.41, 5.74) is 8.44. The Morgan fingerprint density at radius 2 is 1.84 bits per heavy atom. The lowest BCUT2D eigenvalue weighted by Crippen LogP contribution is -2.35. The second-order valence-corrected chi connectivity index (χ2v) is 7.89. The molecule has 9 heteroatoms. The van der Waals surface area contributed by atoms with Crippen LogP contribution in [-0.2, 0) is 17.6 Å². The first kappa shape index (κ1) is 22.3. The second-order valence-electron chi connectivity index (χ2n) is 7.00. The third kappa shape index (κ3) is 6.80. The van der Waals surface area contributed by atoms with Crippen molar-refractivity contribution in [3.8, 4) is 0 Å². The number of hydrogen-bond donors (Lipinski definition) is 4. The van der Waals surface area contributed by atoms with E-state index in [2.05, 4.69) is 10.3 Å². The summed E-state index contributed by atoms with van der Waals surface area (Å²) < 4.78 is 0. The predicted octanol–water partition coefficient (Wildman–Crippen LogP) is 3.16. The van der Waals surface area contributed by atoms with Crippen LogP contribution in [0.5, 0.6) is 0 Å². The minimum atomic E-state index is -1.08. The second kappa shape index (κ2) is 10.6. The highest BCUT2D eigenvalue weighted by Crippen LogP contribution is 2.16. The maximum atomic E-state index is 12.1. The Labute approximate surface area is 184 Å². The average Bonchev–Trinajstić information content (AvgIpc) is 3.16. The first-order chi connectivity index (χ1) is 14.9. The highest BCUT2D eigenvalue weighted by Gasteiger charge is 2.17. The van der Waals surface area contributed by atoms with E-state index in [-0.39, 0.29) is 25.4 Å². The quantitative estimate of drug-likeness (QED) is 0.405. The number of aliphatic hydroxyl groups is 1. The zero-order valence-electron chi connectivity index (χ0n) is 16.8. The SMILES string of the molecule is Nc1nc(CC(=O)Nc2ccc(CCN(CC(O)c3ccccc3)C(=O)O)cc2)cs1. The molecule has 2 aromatic carbocycles. The number of benzene rings is 2. The van der Waals surface area contributed by atoms with Crippen LogP contribution in [0.15, 0.2) is 60.0 Å². The van der Waals surface area contributed by atoms with Crippen molar-refractivity contribution in [2.75, 3.05) is 24.1 Å². The smallest absolute Gasteiger partial charge is 0.407 e. The number of carboxylic acid groups (broad SMARTS) is 1. The van der Waals surface area contributed by atoms with E-state index in [1.807, 2.05) is 18.2 Å². The van der Waals surface area contributed by atoms with Crippen molar-refractivity contribution in [3.63, 3.8) is 0 Å². The lowest BCUT2D eigenvalue weighted by atomic mass is 10.1. The lowest BCUT2D eigenvalue weighted by Gasteiger charge is -2.22. The monoisotopic (exact) mass is 440 g/mol. The van der Waals surface area contributed by atoms with Gasteiger partial charge in [-0.25, -0.2) is 9.78 Å². The van der Waals surface area contributed by atoms with Crippen LogP contribution < -0.4 is 11.1 Å². The van der Waals surface area contributed by atoms with Gasteiger partial charge in [-0.05, 0) is 29.7 Å². The van der Waals surface area contributed by atoms with E-state index < -0.39 is 12.2 Å². The van der Waals surface area contributed by atoms with Gasteiger partial charge in [-0.15, -0.1) is 11.3 Å². The van der Waals surface area contributed by atoms with Crippen LogP contribution in [0.4, 0.5) is 15.6 Å². The molecule has 0 aliphatic heterocycles. The van der Waals surface area contributed by atoms with Crippen LogP contribution in [0.3, 0.4) is 0 Å². The number of thiazole rings is 1. The summed E-state index contributed by atoms with van der Waals surface area (Å²) in [6.45, 7) is 0.241. The molecular weight excluding hydrogens is 416 g/mol. The third-order valence-corrected chi connectivity index (χ3v) is 5.39. The Morgan fingerprint density at radius 3 is 2.45 bits per heavy atom. The van der Waals surface area contributed by atoms with Gasteiger partial charge in [-0.1, -0.05) is 42.5 Å². The van der Waals surface area contributed by atoms with Crippen molar-refractivity contribution in [1.29, 1.82) is 0 Å². The number of nitrogen functional groups attached to an aromatic ring is 1. The first-order valence-electron chi connectivity index (χ1n) is 9.70. The van der Waals surface area contributed by atoms with Gasteiger partial charge in [0.2, 0.25) is 5.91 Å². The number of aromatic nitrogens is 1. The van der Waals surface area contributed by atoms with Gasteiger partial charge < -0.3 is 26.2 Å². The molecule has 8 nitrogen and oxygen atoms in total. The molecule has 0 saturated heterocycles. The summed E-state index contributed by atoms with van der Waals surface area (Å²) in [5, 5.41) is 24.8. The van der Waals surface area contributed by atoms with Gasteiger partial charge in [0.15, 0.2) is 5.13 Å². The number of nitrogens with one attached hydrogen (secondary N) is 1. The maximum absolute atomic E-state index is 12.1. The molecule has 3 rings (SSSR count). The minimum absolute atomic E-state index is 0.00534. The van der Waals surface area contributed by atoms with Crippen molar-refractivity contribution < 1.29 is 19.8 Å². The van der Waals surface area contributed by atoms with Crippen LogP contribution in [0.25, 0.3) is 0 Å². The zero-order chi connectivity index (χ0) is 22.2. The average molecular weight is 441 g/mol. The number of amides is 2. The molecular formula is C22H24N4O4S. The van der Waals surface area contributed by atoms with Gasteiger partial charge in [0.25, 0.3) is 0 Å². The first-order valence-corrected chi connectivity index (χ1v) is 10.6. The van der Waals surface area contributed by atoms with Gasteiger partial charge in [-0.2, -0.15) is 0 Å². The fraction of sp³-hybridized carbons (Fsp3) is 0.227. The van der Waals surface area contributed by atoms with E-state index in [4.69, 9.17) is 5.73 Å². The van der Waals surface area contributed by atoms with E-state index in [1.54, 1.807) is 41.8 Å². The van der Waals surface area contributed by atoms with Crippen molar-refractivity contribution in [2.45, 2.75) is 18.9 Å². The molecule has 5 N–H and O–H groups in total. The summed E-state index contributed by atoms with van der Waals surface area (Å²) in [7, 11) is 0. The molecule has 3 aromatic rings. The maximum Gasteiger partial charge on any atom is 0.407 e. The minimum Gasteiger partial charge on any atom is -0.465 e. The highest BCUT2D eigenvalue weighted by molar-refractivity contribution is 7.13. The summed E-state index contributed by atoms with van der Waals surface area (Å²) in [4.78, 5) is 28.9. The van der Waals surface area contributed by atoms with Crippen molar-refractivity contribution in [3.05, 3.63) is 76.8 Å². The Bertz CT molecular complexity index is 1010. The lowest BCUT2D eigenvalue weighted by molar-refractivity contribution is -0.115. The molecule has 162 valence electrons. The fourth-order valence-electron chi connectivity index (χ4n) is 3.05. The van der Waals surface area contributed by atoms with E-state index in [0.717, 1.165) is 5.56 Å². The van der Waals surface area contributed by atoms with Crippen LogP contribution in [0, 0.1) is 0 Å². The number of nitrogens with zero attached hydrogens (tertiary/aromatic N) is 2. The molecule has 1 heterocycles. The number of rotatable bonds is 9. The van der Waals surface area contributed by atoms with Gasteiger partial charge in [0, 0.05) is 17.6 Å². The number of anilines is 2. The number of aliphatic hydroxyl groups excluding tert-OH is 1. The van der Waals surface area contributed by atoms with Gasteiger partial charge >= 0.3 is 6.09 Å². The molecule has 1 atom stereocenters. The summed E-state index contributed by atoms with van der Waals surface area (Å²) in [6, 6.07) is 16.2. The molecule has 0 aliphatic carbocycles. The molecule has 0 fully saturated rings. The predicted molar refractivity (Wildman–Crippen MR) is 120 cm³/mol. The van der Waals surface area contributed by atoms with Crippen molar-refractivity contribution >= 4 is 34.2 Å². The molecule has 1 aromatic heterocycles. The molecule has 0 saturated carbocycles. The van der Waals surface area contributed by atoms with Crippen molar-refractivity contribution in [1.82, 2.24) is 9.88 Å². The molecule has 0 bridgehead atoms. The summed E-state index contributed by atoms with van der Waals surface area (Å²) in [5.74, 6) is -0.190. The van der Waals surface area contributed by atoms with Crippen molar-refractivity contribution in [2.24, 2.45) is 0 Å². The third-order valence-electron chi connectivity index (χ3n) is 4.67. The topological polar surface area (TPSA) is 129 Å². The molecule has 2 amide bonds. The van der Waals surface area contributed by atoms with E-state index >= 15 is 0 Å². The molecule has 0 aliphatic rings. The van der Waals surface area contributed by atoms with Gasteiger partial charge in [-0.3, -0.25) is 4.79 Å². The Kier molecular flexibility index (Phi) is 7.58. The van der Waals surface area contributed by atoms with E-state index in [0.29, 0.717) is 28.5 Å².